The van der Waals surface area contributed by atoms with Gasteiger partial charge in [0.05, 0.1) is 23.9 Å². The molecule has 3 aromatic rings. The number of aromatic nitrogens is 2. The van der Waals surface area contributed by atoms with Crippen molar-refractivity contribution in [1.82, 2.24) is 19.4 Å². The predicted molar refractivity (Wildman–Crippen MR) is 168 cm³/mol. The maximum absolute atomic E-state index is 15.0. The number of aliphatic hydroxyl groups excluding tert-OH is 2. The Morgan fingerprint density at radius 1 is 1.09 bits per heavy atom. The highest BCUT2D eigenvalue weighted by molar-refractivity contribution is 5.81. The Bertz CT molecular complexity index is 1520. The first-order valence-corrected chi connectivity index (χ1v) is 15.3. The smallest absolute Gasteiger partial charge is 0.410 e. The molecule has 2 amide bonds. The summed E-state index contributed by atoms with van der Waals surface area (Å²) in [6.07, 6.45) is -1.42. The van der Waals surface area contributed by atoms with Gasteiger partial charge in [-0.25, -0.2) is 18.6 Å². The first-order chi connectivity index (χ1) is 21.5. The van der Waals surface area contributed by atoms with E-state index in [-0.39, 0.29) is 37.4 Å². The van der Waals surface area contributed by atoms with Crippen molar-refractivity contribution < 1.29 is 38.1 Å². The zero-order valence-corrected chi connectivity index (χ0v) is 27.4. The third kappa shape index (κ3) is 8.09. The average Bonchev–Trinajstić information content (AvgIpc) is 3.56. The lowest BCUT2D eigenvalue weighted by molar-refractivity contribution is -0.152. The Labute approximate surface area is 268 Å². The van der Waals surface area contributed by atoms with Crippen LogP contribution in [-0.4, -0.2) is 91.7 Å². The minimum Gasteiger partial charge on any atom is -0.444 e. The van der Waals surface area contributed by atoms with Gasteiger partial charge in [-0.15, -0.1) is 0 Å². The molecule has 0 radical (unpaired) electrons. The summed E-state index contributed by atoms with van der Waals surface area (Å²) >= 11 is 0. The number of nitrogens with zero attached hydrogens (tertiary/aromatic N) is 4. The van der Waals surface area contributed by atoms with Crippen LogP contribution in [0, 0.1) is 17.6 Å². The van der Waals surface area contributed by atoms with Gasteiger partial charge in [0.15, 0.2) is 0 Å². The molecule has 1 aliphatic heterocycles. The standard InChI is InChI=1S/C34H44F2N4O6/c1-21(41)31(43)40(18-23-17-39(20-28(23)42)32(44)46-33(2,3)4)29(34(5,6)45-7)30-37-27(25-15-24(35)13-14-26(25)36)19-38(30)16-22-11-9-8-10-12-22/h8-15,19,21,23,28-29,41-42H,16-18,20H2,1-7H3. The van der Waals surface area contributed by atoms with Gasteiger partial charge in [-0.05, 0) is 65.3 Å². The molecule has 12 heteroatoms. The normalized spacial score (nSPS) is 18.4. The van der Waals surface area contributed by atoms with E-state index in [1.54, 1.807) is 45.4 Å². The molecule has 1 aliphatic rings. The summed E-state index contributed by atoms with van der Waals surface area (Å²) in [5.74, 6) is -2.29. The van der Waals surface area contributed by atoms with Crippen LogP contribution < -0.4 is 0 Å². The van der Waals surface area contributed by atoms with Crippen LogP contribution in [0.15, 0.2) is 54.7 Å². The molecule has 0 spiro atoms. The summed E-state index contributed by atoms with van der Waals surface area (Å²) in [6, 6.07) is 11.5. The van der Waals surface area contributed by atoms with Gasteiger partial charge in [-0.1, -0.05) is 30.3 Å². The molecule has 4 atom stereocenters. The number of hydrogen-bond acceptors (Lipinski definition) is 7. The lowest BCUT2D eigenvalue weighted by Crippen LogP contribution is -2.52. The molecule has 2 heterocycles. The van der Waals surface area contributed by atoms with Crippen molar-refractivity contribution in [3.05, 3.63) is 77.8 Å². The summed E-state index contributed by atoms with van der Waals surface area (Å²) in [4.78, 5) is 34.3. The topological polar surface area (TPSA) is 117 Å². The van der Waals surface area contributed by atoms with E-state index in [0.29, 0.717) is 5.82 Å². The highest BCUT2D eigenvalue weighted by atomic mass is 19.1. The van der Waals surface area contributed by atoms with Crippen LogP contribution in [0.3, 0.4) is 0 Å². The van der Waals surface area contributed by atoms with Gasteiger partial charge in [0.2, 0.25) is 0 Å². The van der Waals surface area contributed by atoms with Crippen molar-refractivity contribution in [2.45, 2.75) is 77.5 Å². The Morgan fingerprint density at radius 3 is 2.37 bits per heavy atom. The maximum atomic E-state index is 15.0. The number of ether oxygens (including phenoxy) is 2. The van der Waals surface area contributed by atoms with Crippen molar-refractivity contribution in [3.8, 4) is 11.3 Å². The number of β-amino-alcohol motifs (C(OH)–C–C–N with tert-alkyl or cyclic N) is 1. The molecule has 0 aliphatic carbocycles. The van der Waals surface area contributed by atoms with Crippen LogP contribution in [0.1, 0.15) is 59.0 Å². The number of carbonyl (C=O) groups is 2. The lowest BCUT2D eigenvalue weighted by atomic mass is 9.93. The number of halogens is 2. The first kappa shape index (κ1) is 35.0. The Hall–Kier alpha value is -3.87. The van der Waals surface area contributed by atoms with Crippen molar-refractivity contribution in [1.29, 1.82) is 0 Å². The maximum Gasteiger partial charge on any atom is 0.410 e. The zero-order chi connectivity index (χ0) is 34.0. The number of imidazole rings is 1. The highest BCUT2D eigenvalue weighted by Gasteiger charge is 2.46. The molecule has 0 saturated carbocycles. The van der Waals surface area contributed by atoms with E-state index >= 15 is 4.39 Å². The van der Waals surface area contributed by atoms with Gasteiger partial charge in [0.1, 0.15) is 35.2 Å². The third-order valence-electron chi connectivity index (χ3n) is 8.08. The molecule has 2 N–H and O–H groups in total. The van der Waals surface area contributed by atoms with Crippen LogP contribution >= 0.6 is 0 Å². The molecule has 46 heavy (non-hydrogen) atoms. The van der Waals surface area contributed by atoms with Gasteiger partial charge in [0.25, 0.3) is 5.91 Å². The minimum absolute atomic E-state index is 0.000255. The first-order valence-electron chi connectivity index (χ1n) is 15.3. The molecule has 4 rings (SSSR count). The van der Waals surface area contributed by atoms with E-state index in [2.05, 4.69) is 0 Å². The second-order valence-corrected chi connectivity index (χ2v) is 13.3. The number of aliphatic hydroxyl groups is 2. The van der Waals surface area contributed by atoms with Crippen molar-refractivity contribution in [2.24, 2.45) is 5.92 Å². The average molecular weight is 643 g/mol. The van der Waals surface area contributed by atoms with E-state index in [0.717, 1.165) is 23.8 Å². The Balaban J connectivity index is 1.83. The minimum atomic E-state index is -1.44. The molecule has 250 valence electrons. The van der Waals surface area contributed by atoms with Gasteiger partial charge in [0, 0.05) is 44.4 Å². The summed E-state index contributed by atoms with van der Waals surface area (Å²) in [7, 11) is 1.48. The van der Waals surface area contributed by atoms with E-state index < -0.39 is 59.0 Å². The summed E-state index contributed by atoms with van der Waals surface area (Å²) in [5, 5.41) is 21.7. The van der Waals surface area contributed by atoms with E-state index in [1.807, 2.05) is 30.3 Å². The molecule has 2 aromatic carbocycles. The van der Waals surface area contributed by atoms with Crippen LogP contribution in [0.2, 0.25) is 0 Å². The molecular formula is C34H44F2N4O6. The SMILES string of the molecule is COC(C)(C)C(c1nc(-c2cc(F)ccc2F)cn1Cc1ccccc1)N(CC1CN(C(=O)OC(C)(C)C)CC1O)C(=O)C(C)O. The summed E-state index contributed by atoms with van der Waals surface area (Å²) in [5.41, 5.74) is -0.919. The fourth-order valence-electron chi connectivity index (χ4n) is 5.64. The van der Waals surface area contributed by atoms with E-state index in [1.165, 1.54) is 23.8 Å². The monoisotopic (exact) mass is 642 g/mol. The van der Waals surface area contributed by atoms with Crippen LogP contribution in [0.4, 0.5) is 13.6 Å². The van der Waals surface area contributed by atoms with Crippen molar-refractivity contribution in [3.63, 3.8) is 0 Å². The molecule has 10 nitrogen and oxygen atoms in total. The number of amides is 2. The van der Waals surface area contributed by atoms with Crippen LogP contribution in [0.25, 0.3) is 11.3 Å². The van der Waals surface area contributed by atoms with E-state index in [4.69, 9.17) is 14.5 Å². The fourth-order valence-corrected chi connectivity index (χ4v) is 5.64. The quantitative estimate of drug-likeness (QED) is 0.327. The number of hydrogen-bond donors (Lipinski definition) is 2. The number of carbonyl (C=O) groups excluding carboxylic acids is 2. The molecule has 1 fully saturated rings. The molecule has 0 bridgehead atoms. The van der Waals surface area contributed by atoms with Crippen molar-refractivity contribution >= 4 is 12.0 Å². The largest absolute Gasteiger partial charge is 0.444 e. The van der Waals surface area contributed by atoms with E-state index in [9.17, 15) is 24.2 Å². The lowest BCUT2D eigenvalue weighted by Gasteiger charge is -2.42. The molecule has 4 unspecified atom stereocenters. The Kier molecular flexibility index (Phi) is 10.5. The van der Waals surface area contributed by atoms with Gasteiger partial charge in [-0.3, -0.25) is 4.79 Å². The number of methoxy groups -OCH3 is 1. The molecule has 1 aromatic heterocycles. The molecular weight excluding hydrogens is 598 g/mol. The van der Waals surface area contributed by atoms with Crippen LogP contribution in [-0.2, 0) is 20.8 Å². The summed E-state index contributed by atoms with van der Waals surface area (Å²) in [6.45, 7) is 10.4. The molecule has 1 saturated heterocycles. The zero-order valence-electron chi connectivity index (χ0n) is 27.4. The third-order valence-corrected chi connectivity index (χ3v) is 8.08. The van der Waals surface area contributed by atoms with Crippen molar-refractivity contribution in [2.75, 3.05) is 26.7 Å². The highest BCUT2D eigenvalue weighted by Crippen LogP contribution is 2.38. The second-order valence-electron chi connectivity index (χ2n) is 13.3. The van der Waals surface area contributed by atoms with Gasteiger partial charge < -0.3 is 34.1 Å². The number of rotatable bonds is 10. The van der Waals surface area contributed by atoms with Gasteiger partial charge in [-0.2, -0.15) is 0 Å². The van der Waals surface area contributed by atoms with Gasteiger partial charge >= 0.3 is 6.09 Å². The number of benzene rings is 2. The predicted octanol–water partition coefficient (Wildman–Crippen LogP) is 4.78. The Morgan fingerprint density at radius 2 is 1.76 bits per heavy atom. The number of likely N-dealkylation sites (tertiary alicyclic amines) is 1. The van der Waals surface area contributed by atoms with Crippen LogP contribution in [0.5, 0.6) is 0 Å². The summed E-state index contributed by atoms with van der Waals surface area (Å²) < 4.78 is 42.5. The second kappa shape index (κ2) is 13.9. The fraction of sp³-hybridized carbons (Fsp3) is 0.500.